The number of amides is 1. The Morgan fingerprint density at radius 1 is 1.59 bits per heavy atom. The fourth-order valence-corrected chi connectivity index (χ4v) is 2.61. The number of anilines is 2. The van der Waals surface area contributed by atoms with Crippen LogP contribution in [0.25, 0.3) is 0 Å². The molecule has 17 heavy (non-hydrogen) atoms. The molecule has 0 radical (unpaired) electrons. The van der Waals surface area contributed by atoms with Crippen LogP contribution in [0.5, 0.6) is 5.88 Å². The first-order chi connectivity index (χ1) is 7.99. The third kappa shape index (κ3) is 1.38. The number of hydrogen-bond acceptors (Lipinski definition) is 4. The minimum Gasteiger partial charge on any atom is -0.474 e. The van der Waals surface area contributed by atoms with Gasteiger partial charge in [0.1, 0.15) is 12.3 Å². The molecule has 0 aromatic carbocycles. The predicted molar refractivity (Wildman–Crippen MR) is 63.8 cm³/mol. The van der Waals surface area contributed by atoms with Gasteiger partial charge in [0, 0.05) is 5.41 Å². The Morgan fingerprint density at radius 3 is 3.12 bits per heavy atom. The first-order valence-electron chi connectivity index (χ1n) is 5.71. The SMILES string of the molecule is CC1(C)C[C@H]2COc3ncc(N)cc3N2C1=O. The van der Waals surface area contributed by atoms with Gasteiger partial charge in [-0.2, -0.15) is 0 Å². The van der Waals surface area contributed by atoms with Crippen molar-refractivity contribution in [2.45, 2.75) is 26.3 Å². The van der Waals surface area contributed by atoms with Gasteiger partial charge in [0.15, 0.2) is 0 Å². The number of nitrogens with two attached hydrogens (primary N) is 1. The Labute approximate surface area is 99.6 Å². The molecule has 1 aromatic heterocycles. The summed E-state index contributed by atoms with van der Waals surface area (Å²) in [5.41, 5.74) is 6.64. The van der Waals surface area contributed by atoms with Crippen LogP contribution in [0.3, 0.4) is 0 Å². The van der Waals surface area contributed by atoms with Crippen LogP contribution >= 0.6 is 0 Å². The van der Waals surface area contributed by atoms with Crippen molar-refractivity contribution in [3.8, 4) is 5.88 Å². The Morgan fingerprint density at radius 2 is 2.35 bits per heavy atom. The molecule has 0 spiro atoms. The summed E-state index contributed by atoms with van der Waals surface area (Å²) in [4.78, 5) is 18.3. The van der Waals surface area contributed by atoms with Gasteiger partial charge in [-0.3, -0.25) is 4.79 Å². The minimum absolute atomic E-state index is 0.105. The van der Waals surface area contributed by atoms with Gasteiger partial charge >= 0.3 is 0 Å². The van der Waals surface area contributed by atoms with Crippen LogP contribution in [0.2, 0.25) is 0 Å². The van der Waals surface area contributed by atoms with E-state index in [1.165, 1.54) is 0 Å². The topological polar surface area (TPSA) is 68.5 Å². The molecule has 0 saturated carbocycles. The number of aromatic nitrogens is 1. The largest absolute Gasteiger partial charge is 0.474 e. The maximum absolute atomic E-state index is 12.3. The summed E-state index contributed by atoms with van der Waals surface area (Å²) in [7, 11) is 0. The number of ether oxygens (including phenoxy) is 1. The molecule has 1 aromatic rings. The molecule has 0 aliphatic carbocycles. The Kier molecular flexibility index (Phi) is 1.91. The Hall–Kier alpha value is -1.78. The molecule has 2 aliphatic heterocycles. The number of hydrogen-bond donors (Lipinski definition) is 1. The lowest BCUT2D eigenvalue weighted by atomic mass is 9.90. The quantitative estimate of drug-likeness (QED) is 0.730. The van der Waals surface area contributed by atoms with Gasteiger partial charge < -0.3 is 15.4 Å². The number of fused-ring (bicyclic) bond motifs is 3. The molecule has 1 atom stereocenters. The summed E-state index contributed by atoms with van der Waals surface area (Å²) in [5, 5.41) is 0. The molecular formula is C12H15N3O2. The number of pyridine rings is 1. The van der Waals surface area contributed by atoms with Crippen LogP contribution in [0, 0.1) is 5.41 Å². The van der Waals surface area contributed by atoms with Crippen molar-refractivity contribution in [3.05, 3.63) is 12.3 Å². The lowest BCUT2D eigenvalue weighted by Crippen LogP contribution is -2.41. The van der Waals surface area contributed by atoms with E-state index in [2.05, 4.69) is 4.98 Å². The molecule has 1 fully saturated rings. The first kappa shape index (κ1) is 10.4. The van der Waals surface area contributed by atoms with Gasteiger partial charge in [-0.15, -0.1) is 0 Å². The fourth-order valence-electron chi connectivity index (χ4n) is 2.61. The van der Waals surface area contributed by atoms with E-state index in [1.54, 1.807) is 17.2 Å². The molecule has 0 unspecified atom stereocenters. The van der Waals surface area contributed by atoms with Gasteiger partial charge in [-0.25, -0.2) is 4.98 Å². The third-order valence-corrected chi connectivity index (χ3v) is 3.43. The van der Waals surface area contributed by atoms with E-state index >= 15 is 0 Å². The maximum Gasteiger partial charge on any atom is 0.238 e. The predicted octanol–water partition coefficient (Wildman–Crippen LogP) is 1.19. The highest BCUT2D eigenvalue weighted by Gasteiger charge is 2.48. The van der Waals surface area contributed by atoms with Crippen molar-refractivity contribution in [1.29, 1.82) is 0 Å². The molecule has 2 N–H and O–H groups in total. The standard InChI is InChI=1S/C12H15N3O2/c1-12(2)4-8-6-17-10-9(15(8)11(12)16)3-7(13)5-14-10/h3,5,8H,4,6,13H2,1-2H3/t8-/m0/s1. The summed E-state index contributed by atoms with van der Waals surface area (Å²) in [6.07, 6.45) is 2.35. The van der Waals surface area contributed by atoms with Crippen LogP contribution < -0.4 is 15.4 Å². The molecule has 1 saturated heterocycles. The highest BCUT2D eigenvalue weighted by atomic mass is 16.5. The van der Waals surface area contributed by atoms with Gasteiger partial charge in [-0.1, -0.05) is 13.8 Å². The monoisotopic (exact) mass is 233 g/mol. The molecule has 90 valence electrons. The number of nitrogens with zero attached hydrogens (tertiary/aromatic N) is 2. The summed E-state index contributed by atoms with van der Waals surface area (Å²) in [6.45, 7) is 4.44. The lowest BCUT2D eigenvalue weighted by Gasteiger charge is -2.31. The first-order valence-corrected chi connectivity index (χ1v) is 5.71. The minimum atomic E-state index is -0.333. The van der Waals surface area contributed by atoms with Crippen LogP contribution in [-0.2, 0) is 4.79 Å². The van der Waals surface area contributed by atoms with Gasteiger partial charge in [0.2, 0.25) is 11.8 Å². The van der Waals surface area contributed by atoms with Crippen molar-refractivity contribution in [3.63, 3.8) is 0 Å². The van der Waals surface area contributed by atoms with E-state index in [0.29, 0.717) is 23.9 Å². The number of nitrogen functional groups attached to an aromatic ring is 1. The Bertz CT molecular complexity index is 499. The van der Waals surface area contributed by atoms with E-state index in [1.807, 2.05) is 13.8 Å². The van der Waals surface area contributed by atoms with Crippen molar-refractivity contribution in [2.24, 2.45) is 5.41 Å². The Balaban J connectivity index is 2.11. The molecule has 2 aliphatic rings. The van der Waals surface area contributed by atoms with Gasteiger partial charge in [0.25, 0.3) is 0 Å². The number of carbonyl (C=O) groups excluding carboxylic acids is 1. The molecular weight excluding hydrogens is 218 g/mol. The second kappa shape index (κ2) is 3.12. The normalized spacial score (nSPS) is 25.2. The van der Waals surface area contributed by atoms with E-state index in [9.17, 15) is 4.79 Å². The van der Waals surface area contributed by atoms with E-state index in [0.717, 1.165) is 6.42 Å². The van der Waals surface area contributed by atoms with E-state index in [-0.39, 0.29) is 17.4 Å². The average Bonchev–Trinajstić information content (AvgIpc) is 2.50. The van der Waals surface area contributed by atoms with Crippen molar-refractivity contribution >= 4 is 17.3 Å². The lowest BCUT2D eigenvalue weighted by molar-refractivity contribution is -0.124. The summed E-state index contributed by atoms with van der Waals surface area (Å²) >= 11 is 0. The van der Waals surface area contributed by atoms with Gasteiger partial charge in [-0.05, 0) is 12.5 Å². The van der Waals surface area contributed by atoms with Gasteiger partial charge in [0.05, 0.1) is 17.9 Å². The third-order valence-electron chi connectivity index (χ3n) is 3.43. The zero-order valence-electron chi connectivity index (χ0n) is 9.93. The van der Waals surface area contributed by atoms with E-state index in [4.69, 9.17) is 10.5 Å². The fraction of sp³-hybridized carbons (Fsp3) is 0.500. The summed E-state index contributed by atoms with van der Waals surface area (Å²) in [5.74, 6) is 0.626. The van der Waals surface area contributed by atoms with Crippen LogP contribution in [-0.4, -0.2) is 23.5 Å². The molecule has 5 heteroatoms. The number of carbonyl (C=O) groups is 1. The second-order valence-electron chi connectivity index (χ2n) is 5.32. The van der Waals surface area contributed by atoms with Crippen molar-refractivity contribution in [2.75, 3.05) is 17.2 Å². The zero-order valence-corrected chi connectivity index (χ0v) is 9.93. The van der Waals surface area contributed by atoms with Crippen LogP contribution in [0.4, 0.5) is 11.4 Å². The van der Waals surface area contributed by atoms with Crippen molar-refractivity contribution in [1.82, 2.24) is 4.98 Å². The van der Waals surface area contributed by atoms with E-state index < -0.39 is 0 Å². The van der Waals surface area contributed by atoms with Crippen LogP contribution in [0.15, 0.2) is 12.3 Å². The highest BCUT2D eigenvalue weighted by Crippen LogP contribution is 2.44. The molecule has 3 heterocycles. The molecule has 0 bridgehead atoms. The molecule has 1 amide bonds. The second-order valence-corrected chi connectivity index (χ2v) is 5.32. The van der Waals surface area contributed by atoms with Crippen molar-refractivity contribution < 1.29 is 9.53 Å². The molecule has 3 rings (SSSR count). The average molecular weight is 233 g/mol. The smallest absolute Gasteiger partial charge is 0.238 e. The van der Waals surface area contributed by atoms with Crippen LogP contribution in [0.1, 0.15) is 20.3 Å². The summed E-state index contributed by atoms with van der Waals surface area (Å²) in [6, 6.07) is 1.86. The maximum atomic E-state index is 12.3. The summed E-state index contributed by atoms with van der Waals surface area (Å²) < 4.78 is 5.57. The zero-order chi connectivity index (χ0) is 12.2. The highest BCUT2D eigenvalue weighted by molar-refractivity contribution is 6.01. The number of rotatable bonds is 0. The molecule has 5 nitrogen and oxygen atoms in total.